The Morgan fingerprint density at radius 2 is 1.91 bits per heavy atom. The highest BCUT2D eigenvalue weighted by Crippen LogP contribution is 2.30. The minimum Gasteiger partial charge on any atom is -0.477 e. The molecule has 4 rings (SSSR count). The second kappa shape index (κ2) is 5.84. The molecular weight excluding hydrogens is 286 g/mol. The quantitative estimate of drug-likeness (QED) is 0.689. The van der Waals surface area contributed by atoms with E-state index in [0.717, 1.165) is 59.2 Å². The molecule has 1 atom stereocenters. The Labute approximate surface area is 134 Å². The first kappa shape index (κ1) is 13.9. The first-order chi connectivity index (χ1) is 11.3. The van der Waals surface area contributed by atoms with Crippen molar-refractivity contribution in [3.63, 3.8) is 0 Å². The number of fused-ring (bicyclic) bond motifs is 2. The maximum Gasteiger partial charge on any atom is 0.217 e. The average Bonchev–Trinajstić information content (AvgIpc) is 2.61. The van der Waals surface area contributed by atoms with Crippen molar-refractivity contribution in [2.75, 3.05) is 6.61 Å². The van der Waals surface area contributed by atoms with Crippen LogP contribution >= 0.6 is 0 Å². The molecule has 1 aliphatic rings. The molecule has 2 aromatic carbocycles. The number of rotatable bonds is 3. The van der Waals surface area contributed by atoms with Gasteiger partial charge in [0.15, 0.2) is 0 Å². The third kappa shape index (κ3) is 2.59. The van der Waals surface area contributed by atoms with Gasteiger partial charge in [0.05, 0.1) is 18.0 Å². The van der Waals surface area contributed by atoms with E-state index in [2.05, 4.69) is 17.1 Å². The summed E-state index contributed by atoms with van der Waals surface area (Å²) in [6, 6.07) is 18.0. The van der Waals surface area contributed by atoms with Crippen LogP contribution in [0.3, 0.4) is 0 Å². The summed E-state index contributed by atoms with van der Waals surface area (Å²) in [6.45, 7) is 0.741. The molecule has 114 valence electrons. The number of aldehydes is 1. The van der Waals surface area contributed by atoms with Crippen LogP contribution in [0.2, 0.25) is 0 Å². The molecule has 3 heteroatoms. The van der Waals surface area contributed by atoms with Crippen LogP contribution < -0.4 is 4.74 Å². The molecule has 0 fully saturated rings. The van der Waals surface area contributed by atoms with E-state index in [-0.39, 0.29) is 5.92 Å². The minimum atomic E-state index is -0.243. The van der Waals surface area contributed by atoms with E-state index in [1.54, 1.807) is 0 Å². The van der Waals surface area contributed by atoms with Gasteiger partial charge in [-0.2, -0.15) is 0 Å². The van der Waals surface area contributed by atoms with Gasteiger partial charge in [-0.3, -0.25) is 0 Å². The monoisotopic (exact) mass is 303 g/mol. The number of hydrogen-bond donors (Lipinski definition) is 0. The topological polar surface area (TPSA) is 39.2 Å². The third-order valence-corrected chi connectivity index (χ3v) is 4.36. The summed E-state index contributed by atoms with van der Waals surface area (Å²) in [4.78, 5) is 16.2. The van der Waals surface area contributed by atoms with Gasteiger partial charge in [-0.15, -0.1) is 0 Å². The highest BCUT2D eigenvalue weighted by Gasteiger charge is 2.16. The molecule has 1 unspecified atom stereocenters. The zero-order valence-corrected chi connectivity index (χ0v) is 12.7. The van der Waals surface area contributed by atoms with E-state index >= 15 is 0 Å². The minimum absolute atomic E-state index is 0.243. The molecule has 1 aromatic heterocycles. The van der Waals surface area contributed by atoms with Crippen molar-refractivity contribution in [2.24, 2.45) is 0 Å². The number of carbonyl (C=O) groups is 1. The summed E-state index contributed by atoms with van der Waals surface area (Å²) in [6.07, 6.45) is 3.03. The fraction of sp³-hybridized carbons (Fsp3) is 0.200. The van der Waals surface area contributed by atoms with Gasteiger partial charge in [0.2, 0.25) is 5.88 Å². The molecule has 0 bridgehead atoms. The van der Waals surface area contributed by atoms with Gasteiger partial charge in [0.25, 0.3) is 0 Å². The molecule has 0 spiro atoms. The largest absolute Gasteiger partial charge is 0.477 e. The van der Waals surface area contributed by atoms with Crippen LogP contribution in [0.15, 0.2) is 54.6 Å². The lowest BCUT2D eigenvalue weighted by Gasteiger charge is -2.17. The van der Waals surface area contributed by atoms with Crippen LogP contribution in [0.4, 0.5) is 0 Å². The summed E-state index contributed by atoms with van der Waals surface area (Å²) < 4.78 is 5.63. The Morgan fingerprint density at radius 3 is 2.74 bits per heavy atom. The zero-order valence-electron chi connectivity index (χ0n) is 12.7. The molecule has 1 aliphatic heterocycles. The molecule has 0 aliphatic carbocycles. The Kier molecular flexibility index (Phi) is 3.54. The number of aromatic nitrogens is 1. The van der Waals surface area contributed by atoms with E-state index in [1.807, 2.05) is 42.5 Å². The van der Waals surface area contributed by atoms with E-state index in [4.69, 9.17) is 4.74 Å². The highest BCUT2D eigenvalue weighted by atomic mass is 16.5. The van der Waals surface area contributed by atoms with Crippen molar-refractivity contribution < 1.29 is 9.53 Å². The van der Waals surface area contributed by atoms with Gasteiger partial charge >= 0.3 is 0 Å². The van der Waals surface area contributed by atoms with Crippen LogP contribution in [-0.4, -0.2) is 17.9 Å². The second-order valence-corrected chi connectivity index (χ2v) is 5.88. The van der Waals surface area contributed by atoms with Crippen molar-refractivity contribution in [3.8, 4) is 5.88 Å². The fourth-order valence-corrected chi connectivity index (χ4v) is 3.16. The molecule has 0 saturated heterocycles. The molecule has 0 radical (unpaired) electrons. The van der Waals surface area contributed by atoms with Crippen molar-refractivity contribution in [2.45, 2.75) is 18.8 Å². The van der Waals surface area contributed by atoms with Crippen molar-refractivity contribution >= 4 is 17.2 Å². The maximum absolute atomic E-state index is 11.6. The predicted molar refractivity (Wildman–Crippen MR) is 89.9 cm³/mol. The van der Waals surface area contributed by atoms with Crippen molar-refractivity contribution in [1.82, 2.24) is 4.98 Å². The van der Waals surface area contributed by atoms with Crippen LogP contribution in [0.25, 0.3) is 10.9 Å². The first-order valence-electron chi connectivity index (χ1n) is 7.92. The van der Waals surface area contributed by atoms with Crippen molar-refractivity contribution in [1.29, 1.82) is 0 Å². The summed E-state index contributed by atoms with van der Waals surface area (Å²) in [5.41, 5.74) is 4.07. The second-order valence-electron chi connectivity index (χ2n) is 5.88. The SMILES string of the molecule is O=CC(c1ccccc1)c1ccc2nc3c(cc2c1)CCCO3. The third-order valence-electron chi connectivity index (χ3n) is 4.36. The van der Waals surface area contributed by atoms with E-state index in [0.29, 0.717) is 0 Å². The Morgan fingerprint density at radius 1 is 1.04 bits per heavy atom. The van der Waals surface area contributed by atoms with Gasteiger partial charge in [-0.25, -0.2) is 4.98 Å². The van der Waals surface area contributed by atoms with Gasteiger partial charge < -0.3 is 9.53 Å². The highest BCUT2D eigenvalue weighted by molar-refractivity contribution is 5.83. The van der Waals surface area contributed by atoms with E-state index in [9.17, 15) is 4.79 Å². The van der Waals surface area contributed by atoms with Gasteiger partial charge in [0, 0.05) is 10.9 Å². The lowest BCUT2D eigenvalue weighted by molar-refractivity contribution is -0.108. The predicted octanol–water partition coefficient (Wildman–Crippen LogP) is 3.89. The fourth-order valence-electron chi connectivity index (χ4n) is 3.16. The number of nitrogens with zero attached hydrogens (tertiary/aromatic N) is 1. The Balaban J connectivity index is 1.80. The average molecular weight is 303 g/mol. The molecule has 0 N–H and O–H groups in total. The first-order valence-corrected chi connectivity index (χ1v) is 7.92. The number of benzene rings is 2. The molecule has 3 nitrogen and oxygen atoms in total. The summed E-state index contributed by atoms with van der Waals surface area (Å²) >= 11 is 0. The van der Waals surface area contributed by atoms with Crippen molar-refractivity contribution in [3.05, 3.63) is 71.3 Å². The van der Waals surface area contributed by atoms with Gasteiger partial charge in [-0.1, -0.05) is 36.4 Å². The Bertz CT molecular complexity index is 858. The van der Waals surface area contributed by atoms with Crippen LogP contribution in [-0.2, 0) is 11.2 Å². The number of aryl methyl sites for hydroxylation is 1. The number of hydrogen-bond acceptors (Lipinski definition) is 3. The van der Waals surface area contributed by atoms with Crippen LogP contribution in [0, 0.1) is 0 Å². The molecule has 0 saturated carbocycles. The smallest absolute Gasteiger partial charge is 0.217 e. The lowest BCUT2D eigenvalue weighted by atomic mass is 9.91. The molecule has 2 heterocycles. The summed E-state index contributed by atoms with van der Waals surface area (Å²) in [5.74, 6) is 0.513. The molecular formula is C20H17NO2. The number of ether oxygens (including phenoxy) is 1. The molecule has 3 aromatic rings. The number of pyridine rings is 1. The van der Waals surface area contributed by atoms with E-state index in [1.165, 1.54) is 0 Å². The standard InChI is InChI=1S/C20H17NO2/c22-13-18(14-5-2-1-3-6-14)15-8-9-19-17(11-15)12-16-7-4-10-23-20(16)21-19/h1-3,5-6,8-9,11-13,18H,4,7,10H2. The molecule has 0 amide bonds. The van der Waals surface area contributed by atoms with Crippen LogP contribution in [0.5, 0.6) is 5.88 Å². The Hall–Kier alpha value is -2.68. The van der Waals surface area contributed by atoms with E-state index < -0.39 is 0 Å². The zero-order chi connectivity index (χ0) is 15.6. The van der Waals surface area contributed by atoms with Gasteiger partial charge in [-0.05, 0) is 42.2 Å². The van der Waals surface area contributed by atoms with Gasteiger partial charge in [0.1, 0.15) is 6.29 Å². The lowest BCUT2D eigenvalue weighted by Crippen LogP contribution is -2.10. The summed E-state index contributed by atoms with van der Waals surface area (Å²) in [7, 11) is 0. The maximum atomic E-state index is 11.6. The summed E-state index contributed by atoms with van der Waals surface area (Å²) in [5, 5.41) is 1.06. The molecule has 23 heavy (non-hydrogen) atoms. The van der Waals surface area contributed by atoms with Crippen LogP contribution in [0.1, 0.15) is 29.0 Å². The number of carbonyl (C=O) groups excluding carboxylic acids is 1. The normalized spacial score (nSPS) is 14.8.